The minimum Gasteiger partial charge on any atom is -0.384 e. The minimum absolute atomic E-state index is 0.0961. The van der Waals surface area contributed by atoms with Crippen LogP contribution in [0.25, 0.3) is 0 Å². The van der Waals surface area contributed by atoms with Crippen molar-refractivity contribution >= 4 is 11.6 Å². The van der Waals surface area contributed by atoms with Gasteiger partial charge >= 0.3 is 0 Å². The second kappa shape index (κ2) is 8.66. The van der Waals surface area contributed by atoms with Crippen molar-refractivity contribution in [2.75, 3.05) is 19.6 Å². The van der Waals surface area contributed by atoms with E-state index in [1.165, 1.54) is 0 Å². The van der Waals surface area contributed by atoms with E-state index in [1.807, 2.05) is 42.5 Å². The van der Waals surface area contributed by atoms with Gasteiger partial charge < -0.3 is 10.0 Å². The summed E-state index contributed by atoms with van der Waals surface area (Å²) in [7, 11) is 0. The van der Waals surface area contributed by atoms with Crippen molar-refractivity contribution in [3.05, 3.63) is 70.7 Å². The molecule has 0 spiro atoms. The maximum atomic E-state index is 11.7. The van der Waals surface area contributed by atoms with Crippen LogP contribution in [0.3, 0.4) is 0 Å². The molecule has 0 unspecified atom stereocenters. The lowest BCUT2D eigenvalue weighted by Gasteiger charge is -2.37. The first-order chi connectivity index (χ1) is 11.5. The summed E-state index contributed by atoms with van der Waals surface area (Å²) in [6.45, 7) is 9.30. The van der Waals surface area contributed by atoms with Gasteiger partial charge in [0.25, 0.3) is 0 Å². The van der Waals surface area contributed by atoms with E-state index < -0.39 is 5.60 Å². The largest absolute Gasteiger partial charge is 0.384 e. The SMILES string of the molecule is CCN(CC)C[C@H](C)[C@](O)(Cc1ccccc1)c1ccc(Cl)cc1. The molecule has 0 aliphatic carbocycles. The van der Waals surface area contributed by atoms with E-state index in [-0.39, 0.29) is 5.92 Å². The molecule has 0 aliphatic rings. The third kappa shape index (κ3) is 4.60. The van der Waals surface area contributed by atoms with Crippen LogP contribution in [0.5, 0.6) is 0 Å². The van der Waals surface area contributed by atoms with E-state index in [0.29, 0.717) is 11.4 Å². The smallest absolute Gasteiger partial charge is 0.0974 e. The Morgan fingerprint density at radius 3 is 2.12 bits per heavy atom. The van der Waals surface area contributed by atoms with Crippen molar-refractivity contribution in [2.24, 2.45) is 5.92 Å². The molecular weight excluding hydrogens is 318 g/mol. The van der Waals surface area contributed by atoms with Crippen LogP contribution in [0.1, 0.15) is 31.9 Å². The first kappa shape index (κ1) is 19.0. The summed E-state index contributed by atoms with van der Waals surface area (Å²) in [4.78, 5) is 2.36. The molecule has 2 nitrogen and oxygen atoms in total. The quantitative estimate of drug-likeness (QED) is 0.746. The molecule has 0 heterocycles. The van der Waals surface area contributed by atoms with Gasteiger partial charge in [-0.05, 0) is 36.3 Å². The van der Waals surface area contributed by atoms with Crippen molar-refractivity contribution in [3.63, 3.8) is 0 Å². The Bertz CT molecular complexity index is 609. The van der Waals surface area contributed by atoms with Crippen molar-refractivity contribution < 1.29 is 5.11 Å². The molecule has 2 aromatic carbocycles. The number of nitrogens with zero attached hydrogens (tertiary/aromatic N) is 1. The first-order valence-electron chi connectivity index (χ1n) is 8.74. The summed E-state index contributed by atoms with van der Waals surface area (Å²) in [6, 6.07) is 17.8. The molecule has 0 bridgehead atoms. The Labute approximate surface area is 151 Å². The molecule has 24 heavy (non-hydrogen) atoms. The second-order valence-corrected chi connectivity index (χ2v) is 6.92. The zero-order valence-corrected chi connectivity index (χ0v) is 15.6. The fraction of sp³-hybridized carbons (Fsp3) is 0.429. The molecule has 2 aromatic rings. The van der Waals surface area contributed by atoms with Gasteiger partial charge in [0.05, 0.1) is 5.60 Å². The van der Waals surface area contributed by atoms with Gasteiger partial charge in [-0.2, -0.15) is 0 Å². The average molecular weight is 346 g/mol. The standard InChI is InChI=1S/C21H28ClNO/c1-4-23(5-2)16-17(3)21(24,15-18-9-7-6-8-10-18)19-11-13-20(22)14-12-19/h6-14,17,24H,4-5,15-16H2,1-3H3/t17-,21+/m0/s1. The van der Waals surface area contributed by atoms with E-state index in [1.54, 1.807) is 0 Å². The zero-order valence-electron chi connectivity index (χ0n) is 14.9. The molecule has 0 radical (unpaired) electrons. The van der Waals surface area contributed by atoms with Crippen LogP contribution in [0.15, 0.2) is 54.6 Å². The summed E-state index contributed by atoms with van der Waals surface area (Å²) < 4.78 is 0. The van der Waals surface area contributed by atoms with Crippen LogP contribution in [0.2, 0.25) is 5.02 Å². The normalized spacial score (nSPS) is 15.2. The molecule has 130 valence electrons. The molecule has 1 N–H and O–H groups in total. The molecule has 0 aliphatic heterocycles. The summed E-state index contributed by atoms with van der Waals surface area (Å²) >= 11 is 6.04. The lowest BCUT2D eigenvalue weighted by atomic mass is 9.77. The number of benzene rings is 2. The maximum Gasteiger partial charge on any atom is 0.0974 e. The highest BCUT2D eigenvalue weighted by molar-refractivity contribution is 6.30. The lowest BCUT2D eigenvalue weighted by Crippen LogP contribution is -2.42. The molecule has 2 rings (SSSR count). The maximum absolute atomic E-state index is 11.7. The topological polar surface area (TPSA) is 23.5 Å². The van der Waals surface area contributed by atoms with Gasteiger partial charge in [-0.15, -0.1) is 0 Å². The van der Waals surface area contributed by atoms with E-state index in [2.05, 4.69) is 37.8 Å². The van der Waals surface area contributed by atoms with Crippen molar-refractivity contribution in [1.29, 1.82) is 0 Å². The van der Waals surface area contributed by atoms with Crippen molar-refractivity contribution in [3.8, 4) is 0 Å². The number of aliphatic hydroxyl groups is 1. The fourth-order valence-electron chi connectivity index (χ4n) is 3.23. The molecule has 3 heteroatoms. The van der Waals surface area contributed by atoms with Crippen molar-refractivity contribution in [1.82, 2.24) is 4.90 Å². The number of hydrogen-bond acceptors (Lipinski definition) is 2. The van der Waals surface area contributed by atoms with E-state index in [4.69, 9.17) is 11.6 Å². The van der Waals surface area contributed by atoms with Crippen LogP contribution in [-0.4, -0.2) is 29.6 Å². The van der Waals surface area contributed by atoms with Gasteiger partial charge in [0, 0.05) is 23.9 Å². The van der Waals surface area contributed by atoms with Crippen LogP contribution >= 0.6 is 11.6 Å². The van der Waals surface area contributed by atoms with Gasteiger partial charge in [-0.25, -0.2) is 0 Å². The summed E-state index contributed by atoms with van der Waals surface area (Å²) in [5, 5.41) is 12.4. The Hall–Kier alpha value is -1.35. The summed E-state index contributed by atoms with van der Waals surface area (Å²) in [5.41, 5.74) is 1.14. The zero-order chi connectivity index (χ0) is 17.6. The van der Waals surface area contributed by atoms with Crippen LogP contribution < -0.4 is 0 Å². The summed E-state index contributed by atoms with van der Waals surface area (Å²) in [6.07, 6.45) is 0.595. The van der Waals surface area contributed by atoms with Crippen LogP contribution in [0.4, 0.5) is 0 Å². The van der Waals surface area contributed by atoms with E-state index >= 15 is 0 Å². The highest BCUT2D eigenvalue weighted by atomic mass is 35.5. The van der Waals surface area contributed by atoms with Gasteiger partial charge in [-0.3, -0.25) is 0 Å². The molecule has 0 fully saturated rings. The number of hydrogen-bond donors (Lipinski definition) is 1. The van der Waals surface area contributed by atoms with Crippen LogP contribution in [-0.2, 0) is 12.0 Å². The highest BCUT2D eigenvalue weighted by Gasteiger charge is 2.36. The average Bonchev–Trinajstić information content (AvgIpc) is 2.60. The summed E-state index contributed by atoms with van der Waals surface area (Å²) in [5.74, 6) is 0.0961. The Morgan fingerprint density at radius 2 is 1.58 bits per heavy atom. The van der Waals surface area contributed by atoms with Gasteiger partial charge in [0.15, 0.2) is 0 Å². The predicted octanol–water partition coefficient (Wildman–Crippen LogP) is 4.75. The van der Waals surface area contributed by atoms with Gasteiger partial charge in [-0.1, -0.05) is 74.8 Å². The first-order valence-corrected chi connectivity index (χ1v) is 9.12. The molecule has 0 amide bonds. The molecule has 0 aromatic heterocycles. The molecule has 0 saturated carbocycles. The van der Waals surface area contributed by atoms with Crippen molar-refractivity contribution in [2.45, 2.75) is 32.8 Å². The van der Waals surface area contributed by atoms with Gasteiger partial charge in [0.1, 0.15) is 0 Å². The third-order valence-electron chi connectivity index (χ3n) is 4.90. The molecular formula is C21H28ClNO. The predicted molar refractivity (Wildman–Crippen MR) is 102 cm³/mol. The van der Waals surface area contributed by atoms with E-state index in [0.717, 1.165) is 30.8 Å². The molecule has 2 atom stereocenters. The Morgan fingerprint density at radius 1 is 1.00 bits per heavy atom. The molecule has 0 saturated heterocycles. The van der Waals surface area contributed by atoms with E-state index in [9.17, 15) is 5.11 Å². The monoisotopic (exact) mass is 345 g/mol. The van der Waals surface area contributed by atoms with Crippen LogP contribution in [0, 0.1) is 5.92 Å². The Balaban J connectivity index is 2.34. The number of halogens is 1. The lowest BCUT2D eigenvalue weighted by molar-refractivity contribution is -0.0290. The van der Waals surface area contributed by atoms with Gasteiger partial charge in [0.2, 0.25) is 0 Å². The second-order valence-electron chi connectivity index (χ2n) is 6.48. The minimum atomic E-state index is -0.922. The third-order valence-corrected chi connectivity index (χ3v) is 5.15. The number of rotatable bonds is 8. The Kier molecular flexibility index (Phi) is 6.85. The highest BCUT2D eigenvalue weighted by Crippen LogP contribution is 2.34. The fourth-order valence-corrected chi connectivity index (χ4v) is 3.35.